The molecule has 1 aliphatic carbocycles. The van der Waals surface area contributed by atoms with Crippen LogP contribution in [0.25, 0.3) is 0 Å². The highest BCUT2D eigenvalue weighted by Crippen LogP contribution is 2.22. The number of rotatable bonds is 3. The molecule has 0 aromatic carbocycles. The van der Waals surface area contributed by atoms with Gasteiger partial charge in [-0.05, 0) is 25.2 Å². The average molecular weight is 223 g/mol. The third-order valence-corrected chi connectivity index (χ3v) is 3.02. The molecule has 1 heterocycles. The SMILES string of the molecule is NC1CCCC(CNC(=O)c2cn[nH]n2)C1. The van der Waals surface area contributed by atoms with E-state index in [1.807, 2.05) is 0 Å². The van der Waals surface area contributed by atoms with Gasteiger partial charge in [0.1, 0.15) is 0 Å². The summed E-state index contributed by atoms with van der Waals surface area (Å²) >= 11 is 0. The van der Waals surface area contributed by atoms with E-state index < -0.39 is 0 Å². The molecule has 0 saturated heterocycles. The molecule has 0 spiro atoms. The molecule has 1 aromatic heterocycles. The van der Waals surface area contributed by atoms with E-state index in [0.717, 1.165) is 25.7 Å². The maximum Gasteiger partial charge on any atom is 0.273 e. The lowest BCUT2D eigenvalue weighted by molar-refractivity contribution is 0.0937. The van der Waals surface area contributed by atoms with Crippen molar-refractivity contribution >= 4 is 5.91 Å². The first kappa shape index (κ1) is 11.1. The van der Waals surface area contributed by atoms with Crippen molar-refractivity contribution < 1.29 is 4.79 Å². The number of nitrogens with one attached hydrogen (secondary N) is 2. The molecule has 6 nitrogen and oxygen atoms in total. The van der Waals surface area contributed by atoms with Crippen LogP contribution in [0.3, 0.4) is 0 Å². The van der Waals surface area contributed by atoms with Gasteiger partial charge in [0.2, 0.25) is 0 Å². The molecule has 88 valence electrons. The second-order valence-corrected chi connectivity index (χ2v) is 4.36. The van der Waals surface area contributed by atoms with Crippen LogP contribution in [0.4, 0.5) is 0 Å². The van der Waals surface area contributed by atoms with Crippen molar-refractivity contribution in [1.29, 1.82) is 0 Å². The maximum atomic E-state index is 11.6. The molecule has 1 amide bonds. The Bertz CT molecular complexity index is 337. The fourth-order valence-corrected chi connectivity index (χ4v) is 2.16. The van der Waals surface area contributed by atoms with Crippen molar-refractivity contribution in [3.05, 3.63) is 11.9 Å². The quantitative estimate of drug-likeness (QED) is 0.674. The van der Waals surface area contributed by atoms with Crippen molar-refractivity contribution in [3.8, 4) is 0 Å². The van der Waals surface area contributed by atoms with Crippen molar-refractivity contribution in [2.45, 2.75) is 31.7 Å². The topological polar surface area (TPSA) is 96.7 Å². The highest BCUT2D eigenvalue weighted by molar-refractivity contribution is 5.91. The van der Waals surface area contributed by atoms with Gasteiger partial charge in [0, 0.05) is 12.6 Å². The molecule has 0 aliphatic heterocycles. The van der Waals surface area contributed by atoms with Crippen molar-refractivity contribution in [1.82, 2.24) is 20.7 Å². The monoisotopic (exact) mass is 223 g/mol. The van der Waals surface area contributed by atoms with Crippen molar-refractivity contribution in [2.75, 3.05) is 6.54 Å². The summed E-state index contributed by atoms with van der Waals surface area (Å²) in [5.74, 6) is 0.326. The van der Waals surface area contributed by atoms with Gasteiger partial charge in [-0.2, -0.15) is 15.4 Å². The first-order valence-electron chi connectivity index (χ1n) is 5.65. The lowest BCUT2D eigenvalue weighted by Gasteiger charge is -2.26. The largest absolute Gasteiger partial charge is 0.350 e. The van der Waals surface area contributed by atoms with Gasteiger partial charge in [-0.1, -0.05) is 6.42 Å². The second kappa shape index (κ2) is 5.07. The van der Waals surface area contributed by atoms with Gasteiger partial charge in [-0.25, -0.2) is 0 Å². The summed E-state index contributed by atoms with van der Waals surface area (Å²) in [6.07, 6.45) is 5.83. The second-order valence-electron chi connectivity index (χ2n) is 4.36. The van der Waals surface area contributed by atoms with Crippen LogP contribution in [-0.2, 0) is 0 Å². The molecule has 16 heavy (non-hydrogen) atoms. The third-order valence-electron chi connectivity index (χ3n) is 3.02. The predicted octanol–water partition coefficient (Wildman–Crippen LogP) is 0.0520. The molecule has 0 bridgehead atoms. The Balaban J connectivity index is 1.77. The number of carbonyl (C=O) groups is 1. The van der Waals surface area contributed by atoms with Crippen LogP contribution in [0.1, 0.15) is 36.2 Å². The fourth-order valence-electron chi connectivity index (χ4n) is 2.16. The lowest BCUT2D eigenvalue weighted by Crippen LogP contribution is -2.35. The molecule has 1 aliphatic rings. The molecule has 1 aromatic rings. The minimum atomic E-state index is -0.173. The molecular weight excluding hydrogens is 206 g/mol. The van der Waals surface area contributed by atoms with Crippen LogP contribution >= 0.6 is 0 Å². The number of amides is 1. The van der Waals surface area contributed by atoms with Gasteiger partial charge in [-0.15, -0.1) is 0 Å². The number of H-pyrrole nitrogens is 1. The Kier molecular flexibility index (Phi) is 3.51. The van der Waals surface area contributed by atoms with Crippen LogP contribution in [-0.4, -0.2) is 33.9 Å². The van der Waals surface area contributed by atoms with Crippen LogP contribution in [0.2, 0.25) is 0 Å². The average Bonchev–Trinajstić information content (AvgIpc) is 2.79. The van der Waals surface area contributed by atoms with Gasteiger partial charge < -0.3 is 11.1 Å². The maximum absolute atomic E-state index is 11.6. The first-order chi connectivity index (χ1) is 7.75. The van der Waals surface area contributed by atoms with Crippen molar-refractivity contribution in [2.24, 2.45) is 11.7 Å². The Labute approximate surface area is 94.0 Å². The van der Waals surface area contributed by atoms with Crippen LogP contribution in [0, 0.1) is 5.92 Å². The van der Waals surface area contributed by atoms with Crippen molar-refractivity contribution in [3.63, 3.8) is 0 Å². The minimum Gasteiger partial charge on any atom is -0.350 e. The number of nitrogens with two attached hydrogens (primary N) is 1. The summed E-state index contributed by atoms with van der Waals surface area (Å²) in [6.45, 7) is 0.680. The van der Waals surface area contributed by atoms with Gasteiger partial charge >= 0.3 is 0 Å². The Hall–Kier alpha value is -1.43. The van der Waals surface area contributed by atoms with Crippen LogP contribution in [0.5, 0.6) is 0 Å². The molecular formula is C10H17N5O. The molecule has 1 fully saturated rings. The van der Waals surface area contributed by atoms with E-state index in [1.54, 1.807) is 0 Å². The van der Waals surface area contributed by atoms with Gasteiger partial charge in [-0.3, -0.25) is 4.79 Å². The number of nitrogens with zero attached hydrogens (tertiary/aromatic N) is 2. The van der Waals surface area contributed by atoms with E-state index in [4.69, 9.17) is 5.73 Å². The Morgan fingerprint density at radius 1 is 1.62 bits per heavy atom. The molecule has 1 saturated carbocycles. The van der Waals surface area contributed by atoms with Gasteiger partial charge in [0.05, 0.1) is 6.20 Å². The summed E-state index contributed by atoms with van der Waals surface area (Å²) in [4.78, 5) is 11.6. The third kappa shape index (κ3) is 2.79. The number of carbonyl (C=O) groups excluding carboxylic acids is 1. The number of hydrogen-bond acceptors (Lipinski definition) is 4. The van der Waals surface area contributed by atoms with E-state index in [2.05, 4.69) is 20.7 Å². The smallest absolute Gasteiger partial charge is 0.273 e. The van der Waals surface area contributed by atoms with E-state index in [1.165, 1.54) is 6.20 Å². The Morgan fingerprint density at radius 3 is 3.19 bits per heavy atom. The number of aromatic amines is 1. The van der Waals surface area contributed by atoms with Crippen LogP contribution < -0.4 is 11.1 Å². The van der Waals surface area contributed by atoms with E-state index >= 15 is 0 Å². The van der Waals surface area contributed by atoms with E-state index in [-0.39, 0.29) is 5.91 Å². The molecule has 4 N–H and O–H groups in total. The number of hydrogen-bond donors (Lipinski definition) is 3. The molecule has 0 radical (unpaired) electrons. The molecule has 2 unspecified atom stereocenters. The summed E-state index contributed by atoms with van der Waals surface area (Å²) < 4.78 is 0. The van der Waals surface area contributed by atoms with Gasteiger partial charge in [0.25, 0.3) is 5.91 Å². The predicted molar refractivity (Wildman–Crippen MR) is 58.6 cm³/mol. The molecule has 2 rings (SSSR count). The summed E-state index contributed by atoms with van der Waals surface area (Å²) in [7, 11) is 0. The molecule has 6 heteroatoms. The highest BCUT2D eigenvalue weighted by Gasteiger charge is 2.20. The zero-order valence-corrected chi connectivity index (χ0v) is 9.15. The fraction of sp³-hybridized carbons (Fsp3) is 0.700. The van der Waals surface area contributed by atoms with Crippen LogP contribution in [0.15, 0.2) is 6.20 Å². The zero-order valence-electron chi connectivity index (χ0n) is 9.15. The standard InChI is InChI=1S/C10H17N5O/c11-8-3-1-2-7(4-8)5-12-10(16)9-6-13-15-14-9/h6-8H,1-5,11H2,(H,12,16)(H,13,14,15). The zero-order chi connectivity index (χ0) is 11.4. The highest BCUT2D eigenvalue weighted by atomic mass is 16.1. The van der Waals surface area contributed by atoms with E-state index in [0.29, 0.717) is 24.2 Å². The summed E-state index contributed by atoms with van der Waals surface area (Å²) in [5, 5.41) is 12.6. The number of aromatic nitrogens is 3. The molecule has 2 atom stereocenters. The van der Waals surface area contributed by atoms with E-state index in [9.17, 15) is 4.79 Å². The first-order valence-corrected chi connectivity index (χ1v) is 5.65. The normalized spacial score (nSPS) is 25.3. The Morgan fingerprint density at radius 2 is 2.50 bits per heavy atom. The lowest BCUT2D eigenvalue weighted by atomic mass is 9.86. The summed E-state index contributed by atoms with van der Waals surface area (Å²) in [5.41, 5.74) is 6.22. The summed E-state index contributed by atoms with van der Waals surface area (Å²) in [6, 6.07) is 0.294. The minimum absolute atomic E-state index is 0.173. The van der Waals surface area contributed by atoms with Gasteiger partial charge in [0.15, 0.2) is 5.69 Å².